The van der Waals surface area contributed by atoms with E-state index in [9.17, 15) is 16.8 Å². The van der Waals surface area contributed by atoms with Gasteiger partial charge in [-0.3, -0.25) is 0 Å². The van der Waals surface area contributed by atoms with Gasteiger partial charge in [-0.1, -0.05) is 6.07 Å². The number of rotatable bonds is 7. The van der Waals surface area contributed by atoms with E-state index in [1.807, 2.05) is 0 Å². The molecule has 170 valence electrons. The van der Waals surface area contributed by atoms with Crippen molar-refractivity contribution in [2.24, 2.45) is 26.3 Å². The van der Waals surface area contributed by atoms with Gasteiger partial charge in [0.1, 0.15) is 15.6 Å². The maximum absolute atomic E-state index is 13.1. The Labute approximate surface area is 185 Å². The molecule has 1 aromatic heterocycles. The fourth-order valence-corrected chi connectivity index (χ4v) is 6.35. The molecule has 1 atom stereocenters. The predicted octanol–water partition coefficient (Wildman–Crippen LogP) is 0.0359. The molecule has 32 heavy (non-hydrogen) atoms. The van der Waals surface area contributed by atoms with Crippen LogP contribution >= 0.6 is 0 Å². The van der Waals surface area contributed by atoms with Gasteiger partial charge in [0, 0.05) is 18.3 Å². The van der Waals surface area contributed by atoms with Gasteiger partial charge in [0.2, 0.25) is 20.0 Å². The minimum atomic E-state index is -4.52. The Bertz CT molecular complexity index is 1300. The molecule has 1 saturated heterocycles. The van der Waals surface area contributed by atoms with Crippen molar-refractivity contribution < 1.29 is 16.8 Å². The molecule has 0 saturated carbocycles. The third-order valence-electron chi connectivity index (χ3n) is 5.19. The van der Waals surface area contributed by atoms with E-state index < -0.39 is 29.8 Å². The molecule has 2 aliphatic heterocycles. The standard InChI is InChI=1S/C18H22N8O4S2/c19-15-4-1-12(9-22-15)13-2-3-14(32(29,30)25-8-11-5-6-21-7-11)17(31(20,27)28)16(13)18-23-10-24-26-18/h1-4,9,11,21,25H,5-8,10H2,(H2,19,22)(H2,20,27,28)/t11-/m1/s1. The van der Waals surface area contributed by atoms with E-state index in [0.717, 1.165) is 13.0 Å². The molecular formula is C18H22N8O4S2. The number of sulfonamides is 2. The molecule has 0 bridgehead atoms. The second-order valence-electron chi connectivity index (χ2n) is 7.41. The monoisotopic (exact) mass is 478 g/mol. The van der Waals surface area contributed by atoms with Crippen molar-refractivity contribution in [1.29, 1.82) is 0 Å². The number of aliphatic imine (C=N–C) groups is 1. The third-order valence-corrected chi connectivity index (χ3v) is 7.78. The van der Waals surface area contributed by atoms with Crippen molar-refractivity contribution in [2.45, 2.75) is 16.2 Å². The number of hydrogen-bond donors (Lipinski definition) is 4. The van der Waals surface area contributed by atoms with E-state index in [0.29, 0.717) is 17.7 Å². The first-order valence-corrected chi connectivity index (χ1v) is 12.7. The van der Waals surface area contributed by atoms with Crippen LogP contribution in [0.2, 0.25) is 0 Å². The average molecular weight is 479 g/mol. The number of nitrogens with zero attached hydrogens (tertiary/aromatic N) is 4. The zero-order chi connectivity index (χ0) is 22.9. The number of hydrogen-bond acceptors (Lipinski definition) is 10. The summed E-state index contributed by atoms with van der Waals surface area (Å²) in [4.78, 5) is 7.07. The molecule has 4 rings (SSSR count). The molecule has 0 spiro atoms. The molecular weight excluding hydrogens is 456 g/mol. The van der Waals surface area contributed by atoms with Gasteiger partial charge in [-0.05, 0) is 49.2 Å². The van der Waals surface area contributed by atoms with Gasteiger partial charge >= 0.3 is 0 Å². The molecule has 3 heterocycles. The molecule has 12 nitrogen and oxygen atoms in total. The van der Waals surface area contributed by atoms with Crippen molar-refractivity contribution in [3.8, 4) is 11.1 Å². The van der Waals surface area contributed by atoms with E-state index in [2.05, 4.69) is 30.2 Å². The summed E-state index contributed by atoms with van der Waals surface area (Å²) in [5.41, 5.74) is 6.42. The summed E-state index contributed by atoms with van der Waals surface area (Å²) in [6, 6.07) is 5.84. The molecule has 0 amide bonds. The summed E-state index contributed by atoms with van der Waals surface area (Å²) < 4.78 is 54.2. The predicted molar refractivity (Wildman–Crippen MR) is 118 cm³/mol. The van der Waals surface area contributed by atoms with Crippen molar-refractivity contribution in [3.05, 3.63) is 36.0 Å². The molecule has 1 aromatic carbocycles. The minimum Gasteiger partial charge on any atom is -0.384 e. The highest BCUT2D eigenvalue weighted by molar-refractivity contribution is 7.92. The van der Waals surface area contributed by atoms with Gasteiger partial charge in [-0.15, -0.1) is 5.11 Å². The largest absolute Gasteiger partial charge is 0.384 e. The van der Waals surface area contributed by atoms with E-state index in [-0.39, 0.29) is 36.3 Å². The van der Waals surface area contributed by atoms with Crippen LogP contribution < -0.4 is 20.9 Å². The summed E-state index contributed by atoms with van der Waals surface area (Å²) in [6.07, 6.45) is 2.25. The van der Waals surface area contributed by atoms with Crippen LogP contribution in [0.4, 0.5) is 5.82 Å². The van der Waals surface area contributed by atoms with E-state index in [1.54, 1.807) is 6.07 Å². The van der Waals surface area contributed by atoms with Gasteiger partial charge < -0.3 is 11.1 Å². The van der Waals surface area contributed by atoms with Crippen LogP contribution in [0, 0.1) is 5.92 Å². The number of primary sulfonamides is 1. The van der Waals surface area contributed by atoms with Gasteiger partial charge in [-0.25, -0.2) is 36.7 Å². The zero-order valence-electron chi connectivity index (χ0n) is 16.9. The Balaban J connectivity index is 1.91. The van der Waals surface area contributed by atoms with Gasteiger partial charge in [0.15, 0.2) is 12.5 Å². The molecule has 14 heteroatoms. The number of benzene rings is 1. The zero-order valence-corrected chi connectivity index (χ0v) is 18.5. The lowest BCUT2D eigenvalue weighted by atomic mass is 10.00. The fraction of sp³-hybridized carbons (Fsp3) is 0.333. The van der Waals surface area contributed by atoms with Crippen LogP contribution in [0.1, 0.15) is 12.0 Å². The molecule has 2 aliphatic rings. The lowest BCUT2D eigenvalue weighted by Crippen LogP contribution is -2.32. The normalized spacial score (nSPS) is 18.8. The number of nitrogens with one attached hydrogen (secondary N) is 2. The topological polar surface area (TPSA) is 194 Å². The Morgan fingerprint density at radius 3 is 2.56 bits per heavy atom. The first-order chi connectivity index (χ1) is 15.2. The quantitative estimate of drug-likeness (QED) is 0.431. The first kappa shape index (κ1) is 22.4. The smallest absolute Gasteiger partial charge is 0.241 e. The molecule has 6 N–H and O–H groups in total. The van der Waals surface area contributed by atoms with E-state index >= 15 is 0 Å². The van der Waals surface area contributed by atoms with Gasteiger partial charge in [0.05, 0.1) is 5.56 Å². The van der Waals surface area contributed by atoms with Gasteiger partial charge in [0.25, 0.3) is 0 Å². The maximum Gasteiger partial charge on any atom is 0.241 e. The van der Waals surface area contributed by atoms with Gasteiger partial charge in [-0.2, -0.15) is 5.11 Å². The van der Waals surface area contributed by atoms with Crippen LogP contribution in [0.15, 0.2) is 55.5 Å². The summed E-state index contributed by atoms with van der Waals surface area (Å²) in [5.74, 6) is 0.345. The number of aromatic nitrogens is 1. The Kier molecular flexibility index (Phi) is 6.05. The Morgan fingerprint density at radius 2 is 1.97 bits per heavy atom. The molecule has 2 aromatic rings. The highest BCUT2D eigenvalue weighted by Crippen LogP contribution is 2.34. The van der Waals surface area contributed by atoms with Crippen molar-refractivity contribution in [3.63, 3.8) is 0 Å². The van der Waals surface area contributed by atoms with Crippen molar-refractivity contribution >= 4 is 31.7 Å². The Morgan fingerprint density at radius 1 is 1.16 bits per heavy atom. The van der Waals surface area contributed by atoms with Crippen molar-refractivity contribution in [2.75, 3.05) is 32.0 Å². The molecule has 1 fully saturated rings. The number of anilines is 1. The number of azo groups is 1. The Hall–Kier alpha value is -2.78. The van der Waals surface area contributed by atoms with E-state index in [4.69, 9.17) is 10.9 Å². The highest BCUT2D eigenvalue weighted by Gasteiger charge is 2.33. The maximum atomic E-state index is 13.1. The van der Waals surface area contributed by atoms with Crippen LogP contribution in [0.5, 0.6) is 0 Å². The average Bonchev–Trinajstić information content (AvgIpc) is 3.45. The number of nitrogen functional groups attached to an aromatic ring is 1. The second kappa shape index (κ2) is 8.63. The molecule has 0 unspecified atom stereocenters. The molecule has 0 aliphatic carbocycles. The summed E-state index contributed by atoms with van der Waals surface area (Å²) in [6.45, 7) is 1.63. The summed E-state index contributed by atoms with van der Waals surface area (Å²) >= 11 is 0. The molecule has 0 radical (unpaired) electrons. The highest BCUT2D eigenvalue weighted by atomic mass is 32.2. The minimum absolute atomic E-state index is 0.0112. The first-order valence-electron chi connectivity index (χ1n) is 9.71. The SMILES string of the molecule is Nc1ccc(-c2ccc(S(=O)(=O)NC[C@@H]3CCNC3)c(S(N)(=O)=O)c2C2=NCN=N2)cn1. The fourth-order valence-electron chi connectivity index (χ4n) is 3.64. The second-order valence-corrected chi connectivity index (χ2v) is 10.6. The number of nitrogens with two attached hydrogens (primary N) is 2. The third kappa shape index (κ3) is 4.54. The number of pyridine rings is 1. The lowest BCUT2D eigenvalue weighted by molar-refractivity contribution is 0.536. The van der Waals surface area contributed by atoms with Crippen LogP contribution in [0.25, 0.3) is 11.1 Å². The van der Waals surface area contributed by atoms with Crippen LogP contribution in [-0.4, -0.2) is 54.0 Å². The van der Waals surface area contributed by atoms with Crippen LogP contribution in [0.3, 0.4) is 0 Å². The number of amidine groups is 1. The summed E-state index contributed by atoms with van der Waals surface area (Å²) in [5, 5.41) is 16.3. The summed E-state index contributed by atoms with van der Waals surface area (Å²) in [7, 11) is -8.74. The van der Waals surface area contributed by atoms with Crippen molar-refractivity contribution in [1.82, 2.24) is 15.0 Å². The lowest BCUT2D eigenvalue weighted by Gasteiger charge is -2.18. The van der Waals surface area contributed by atoms with Crippen LogP contribution in [-0.2, 0) is 20.0 Å². The van der Waals surface area contributed by atoms with E-state index in [1.165, 1.54) is 24.4 Å².